The topological polar surface area (TPSA) is 34.1 Å². The van der Waals surface area contributed by atoms with Gasteiger partial charge in [-0.3, -0.25) is 0 Å². The summed E-state index contributed by atoms with van der Waals surface area (Å²) in [5.74, 6) is 0.881. The molecule has 3 aromatic rings. The lowest BCUT2D eigenvalue weighted by Gasteiger charge is -2.05. The van der Waals surface area contributed by atoms with E-state index >= 15 is 0 Å². The van der Waals surface area contributed by atoms with Gasteiger partial charge in [-0.25, -0.2) is 4.98 Å². The molecular weight excluding hydrogens is 336 g/mol. The predicted octanol–water partition coefficient (Wildman–Crippen LogP) is 5.20. The van der Waals surface area contributed by atoms with Crippen LogP contribution < -0.4 is 10.1 Å². The second kappa shape index (κ2) is 5.81. The zero-order valence-corrected chi connectivity index (χ0v) is 13.3. The lowest BCUT2D eigenvalue weighted by atomic mass is 10.3. The van der Waals surface area contributed by atoms with Crippen LogP contribution >= 0.6 is 27.3 Å². The SMILES string of the molecule is CCOc1ccc(Nc2nc3ccc(Br)cc3s2)cc1. The standard InChI is InChI=1S/C15H13BrN2OS/c1-2-19-12-6-4-11(5-7-12)17-15-18-13-8-3-10(16)9-14(13)20-15/h3-9H,2H2,1H3,(H,17,18). The van der Waals surface area contributed by atoms with E-state index in [1.165, 1.54) is 0 Å². The van der Waals surface area contributed by atoms with E-state index in [1.54, 1.807) is 11.3 Å². The third-order valence-electron chi connectivity index (χ3n) is 2.77. The predicted molar refractivity (Wildman–Crippen MR) is 88.2 cm³/mol. The zero-order chi connectivity index (χ0) is 13.9. The minimum atomic E-state index is 0.680. The van der Waals surface area contributed by atoms with Gasteiger partial charge in [0.2, 0.25) is 0 Å². The maximum atomic E-state index is 5.43. The van der Waals surface area contributed by atoms with Crippen LogP contribution in [-0.4, -0.2) is 11.6 Å². The van der Waals surface area contributed by atoms with Crippen molar-refractivity contribution in [2.24, 2.45) is 0 Å². The lowest BCUT2D eigenvalue weighted by molar-refractivity contribution is 0.340. The van der Waals surface area contributed by atoms with Gasteiger partial charge in [0.1, 0.15) is 5.75 Å². The quantitative estimate of drug-likeness (QED) is 0.703. The molecule has 2 aromatic carbocycles. The van der Waals surface area contributed by atoms with Gasteiger partial charge in [0, 0.05) is 10.2 Å². The number of ether oxygens (including phenoxy) is 1. The molecule has 0 aliphatic heterocycles. The van der Waals surface area contributed by atoms with Crippen LogP contribution in [0.2, 0.25) is 0 Å². The molecule has 0 saturated heterocycles. The van der Waals surface area contributed by atoms with Crippen LogP contribution in [0.3, 0.4) is 0 Å². The third kappa shape index (κ3) is 2.94. The first-order chi connectivity index (χ1) is 9.74. The van der Waals surface area contributed by atoms with Gasteiger partial charge >= 0.3 is 0 Å². The number of benzene rings is 2. The summed E-state index contributed by atoms with van der Waals surface area (Å²) >= 11 is 5.11. The Morgan fingerprint density at radius 1 is 1.20 bits per heavy atom. The molecule has 0 spiro atoms. The Bertz CT molecular complexity index is 724. The van der Waals surface area contributed by atoms with Crippen molar-refractivity contribution in [2.75, 3.05) is 11.9 Å². The van der Waals surface area contributed by atoms with E-state index in [9.17, 15) is 0 Å². The van der Waals surface area contributed by atoms with Gasteiger partial charge in [-0.15, -0.1) is 0 Å². The first-order valence-corrected chi connectivity index (χ1v) is 7.91. The van der Waals surface area contributed by atoms with Gasteiger partial charge in [0.25, 0.3) is 0 Å². The molecule has 0 amide bonds. The van der Waals surface area contributed by atoms with Gasteiger partial charge in [-0.1, -0.05) is 27.3 Å². The molecular formula is C15H13BrN2OS. The number of fused-ring (bicyclic) bond motifs is 1. The number of aromatic nitrogens is 1. The van der Waals surface area contributed by atoms with E-state index < -0.39 is 0 Å². The van der Waals surface area contributed by atoms with E-state index in [2.05, 4.69) is 32.3 Å². The van der Waals surface area contributed by atoms with Crippen molar-refractivity contribution in [2.45, 2.75) is 6.92 Å². The number of hydrogen-bond acceptors (Lipinski definition) is 4. The third-order valence-corrected chi connectivity index (χ3v) is 4.19. The summed E-state index contributed by atoms with van der Waals surface area (Å²) < 4.78 is 7.66. The fourth-order valence-corrected chi connectivity index (χ4v) is 3.31. The lowest BCUT2D eigenvalue weighted by Crippen LogP contribution is -1.92. The van der Waals surface area contributed by atoms with Crippen molar-refractivity contribution in [1.29, 1.82) is 0 Å². The number of halogens is 1. The molecule has 102 valence electrons. The fraction of sp³-hybridized carbons (Fsp3) is 0.133. The molecule has 0 saturated carbocycles. The summed E-state index contributed by atoms with van der Waals surface area (Å²) in [6, 6.07) is 14.0. The fourth-order valence-electron chi connectivity index (χ4n) is 1.88. The number of anilines is 2. The van der Waals surface area contributed by atoms with Gasteiger partial charge in [-0.05, 0) is 49.4 Å². The summed E-state index contributed by atoms with van der Waals surface area (Å²) in [5, 5.41) is 4.21. The van der Waals surface area contributed by atoms with Crippen LogP contribution in [0, 0.1) is 0 Å². The molecule has 0 unspecified atom stereocenters. The van der Waals surface area contributed by atoms with E-state index in [-0.39, 0.29) is 0 Å². The minimum Gasteiger partial charge on any atom is -0.494 e. The Morgan fingerprint density at radius 3 is 2.75 bits per heavy atom. The van der Waals surface area contributed by atoms with E-state index in [0.717, 1.165) is 31.3 Å². The Balaban J connectivity index is 1.81. The van der Waals surface area contributed by atoms with E-state index in [0.29, 0.717) is 6.61 Å². The van der Waals surface area contributed by atoms with E-state index in [4.69, 9.17) is 4.74 Å². The van der Waals surface area contributed by atoms with Crippen LogP contribution in [0.1, 0.15) is 6.92 Å². The maximum Gasteiger partial charge on any atom is 0.188 e. The second-order valence-electron chi connectivity index (χ2n) is 4.21. The van der Waals surface area contributed by atoms with Crippen molar-refractivity contribution in [3.8, 4) is 5.75 Å². The molecule has 1 N–H and O–H groups in total. The van der Waals surface area contributed by atoms with Gasteiger partial charge in [-0.2, -0.15) is 0 Å². The number of nitrogens with one attached hydrogen (secondary N) is 1. The van der Waals surface area contributed by atoms with Crippen LogP contribution in [0.15, 0.2) is 46.9 Å². The van der Waals surface area contributed by atoms with Gasteiger partial charge in [0.15, 0.2) is 5.13 Å². The Hall–Kier alpha value is -1.59. The summed E-state index contributed by atoms with van der Waals surface area (Å²) in [5.41, 5.74) is 2.01. The molecule has 0 bridgehead atoms. The molecule has 0 aliphatic rings. The minimum absolute atomic E-state index is 0.680. The van der Waals surface area contributed by atoms with Gasteiger partial charge < -0.3 is 10.1 Å². The van der Waals surface area contributed by atoms with Crippen molar-refractivity contribution >= 4 is 48.3 Å². The van der Waals surface area contributed by atoms with Crippen molar-refractivity contribution in [3.63, 3.8) is 0 Å². The van der Waals surface area contributed by atoms with Crippen LogP contribution in [0.4, 0.5) is 10.8 Å². The Morgan fingerprint density at radius 2 is 2.00 bits per heavy atom. The highest BCUT2D eigenvalue weighted by atomic mass is 79.9. The number of nitrogens with zero attached hydrogens (tertiary/aromatic N) is 1. The van der Waals surface area contributed by atoms with Crippen LogP contribution in [-0.2, 0) is 0 Å². The molecule has 1 aromatic heterocycles. The first-order valence-electron chi connectivity index (χ1n) is 6.30. The molecule has 0 aliphatic carbocycles. The average molecular weight is 349 g/mol. The number of hydrogen-bond donors (Lipinski definition) is 1. The molecule has 0 radical (unpaired) electrons. The number of rotatable bonds is 4. The molecule has 0 fully saturated rings. The summed E-state index contributed by atoms with van der Waals surface area (Å²) in [6.45, 7) is 2.66. The first kappa shape index (κ1) is 13.4. The van der Waals surface area contributed by atoms with Crippen LogP contribution in [0.5, 0.6) is 5.75 Å². The highest BCUT2D eigenvalue weighted by Gasteiger charge is 2.04. The highest BCUT2D eigenvalue weighted by Crippen LogP contribution is 2.30. The maximum absolute atomic E-state index is 5.43. The largest absolute Gasteiger partial charge is 0.494 e. The molecule has 3 nitrogen and oxygen atoms in total. The molecule has 1 heterocycles. The molecule has 5 heteroatoms. The van der Waals surface area contributed by atoms with Crippen molar-refractivity contribution < 1.29 is 4.74 Å². The Kier molecular flexibility index (Phi) is 3.89. The monoisotopic (exact) mass is 348 g/mol. The molecule has 20 heavy (non-hydrogen) atoms. The van der Waals surface area contributed by atoms with Crippen molar-refractivity contribution in [3.05, 3.63) is 46.9 Å². The average Bonchev–Trinajstić information content (AvgIpc) is 2.82. The van der Waals surface area contributed by atoms with Crippen molar-refractivity contribution in [1.82, 2.24) is 4.98 Å². The number of thiazole rings is 1. The summed E-state index contributed by atoms with van der Waals surface area (Å²) in [7, 11) is 0. The molecule has 3 rings (SSSR count). The summed E-state index contributed by atoms with van der Waals surface area (Å²) in [4.78, 5) is 4.56. The highest BCUT2D eigenvalue weighted by molar-refractivity contribution is 9.10. The van der Waals surface area contributed by atoms with Crippen LogP contribution in [0.25, 0.3) is 10.2 Å². The smallest absolute Gasteiger partial charge is 0.188 e. The Labute approximate surface area is 129 Å². The summed E-state index contributed by atoms with van der Waals surface area (Å²) in [6.07, 6.45) is 0. The van der Waals surface area contributed by atoms with Gasteiger partial charge in [0.05, 0.1) is 16.8 Å². The normalized spacial score (nSPS) is 10.7. The second-order valence-corrected chi connectivity index (χ2v) is 6.16. The van der Waals surface area contributed by atoms with E-state index in [1.807, 2.05) is 43.3 Å². The zero-order valence-electron chi connectivity index (χ0n) is 10.9. The molecule has 0 atom stereocenters.